The van der Waals surface area contributed by atoms with Gasteiger partial charge in [-0.25, -0.2) is 0 Å². The quantitative estimate of drug-likeness (QED) is 0.795. The monoisotopic (exact) mass is 322 g/mol. The summed E-state index contributed by atoms with van der Waals surface area (Å²) in [7, 11) is 0. The van der Waals surface area contributed by atoms with Crippen molar-refractivity contribution >= 4 is 0 Å². The summed E-state index contributed by atoms with van der Waals surface area (Å²) >= 11 is 0. The normalized spacial score (nSPS) is 58.8. The van der Waals surface area contributed by atoms with Crippen LogP contribution < -0.4 is 0 Å². The van der Waals surface area contributed by atoms with Crippen LogP contribution in [0.3, 0.4) is 0 Å². The SMILES string of the molecule is CC(C)[C@H]1CC[C@@](C)(O)[C@H]2[C@@H]1[C@@H]1O[C@H]2C[C@]2(C)CCC[C@@]1(C)O2. The first-order chi connectivity index (χ1) is 10.7. The van der Waals surface area contributed by atoms with E-state index < -0.39 is 5.60 Å². The molecule has 0 amide bonds. The zero-order chi connectivity index (χ0) is 16.6. The van der Waals surface area contributed by atoms with Crippen molar-refractivity contribution in [2.75, 3.05) is 0 Å². The zero-order valence-electron chi connectivity index (χ0n) is 15.5. The Balaban J connectivity index is 1.78. The van der Waals surface area contributed by atoms with Gasteiger partial charge in [-0.1, -0.05) is 13.8 Å². The van der Waals surface area contributed by atoms with Crippen molar-refractivity contribution in [1.82, 2.24) is 0 Å². The second kappa shape index (κ2) is 4.95. The lowest BCUT2D eigenvalue weighted by Gasteiger charge is -2.54. The van der Waals surface area contributed by atoms with Crippen LogP contribution in [-0.4, -0.2) is 34.1 Å². The highest BCUT2D eigenvalue weighted by atomic mass is 16.6. The standard InChI is InChI=1S/C20H34O3/c1-12(2)13-7-10-19(4,21)16-14-11-18(3)8-6-9-20(5,23-18)17(22-14)15(13)16/h12-17,21H,6-11H2,1-5H3/t13-,14+,15-,16-,17+,18+,19-,20-/m1/s1. The van der Waals surface area contributed by atoms with E-state index in [1.807, 2.05) is 0 Å². The van der Waals surface area contributed by atoms with Crippen LogP contribution in [-0.2, 0) is 9.47 Å². The van der Waals surface area contributed by atoms with Crippen LogP contribution in [0, 0.1) is 23.7 Å². The van der Waals surface area contributed by atoms with E-state index in [0.717, 1.165) is 32.1 Å². The molecular formula is C20H34O3. The fraction of sp³-hybridized carbons (Fsp3) is 1.00. The molecule has 0 aromatic heterocycles. The molecule has 3 heteroatoms. The first kappa shape index (κ1) is 16.4. The van der Waals surface area contributed by atoms with Crippen molar-refractivity contribution in [2.45, 2.75) is 102 Å². The molecule has 1 aliphatic carbocycles. The van der Waals surface area contributed by atoms with Gasteiger partial charge in [-0.05, 0) is 70.6 Å². The van der Waals surface area contributed by atoms with Gasteiger partial charge in [0.15, 0.2) is 0 Å². The van der Waals surface area contributed by atoms with Crippen LogP contribution in [0.1, 0.15) is 73.1 Å². The predicted octanol–water partition coefficient (Wildman–Crippen LogP) is 3.92. The topological polar surface area (TPSA) is 38.7 Å². The number of ether oxygens (including phenoxy) is 2. The number of fused-ring (bicyclic) bond motifs is 8. The van der Waals surface area contributed by atoms with Crippen molar-refractivity contribution in [2.24, 2.45) is 23.7 Å². The summed E-state index contributed by atoms with van der Waals surface area (Å²) in [5, 5.41) is 11.2. The molecule has 132 valence electrons. The molecule has 0 unspecified atom stereocenters. The Kier molecular flexibility index (Phi) is 3.52. The van der Waals surface area contributed by atoms with E-state index in [1.54, 1.807) is 0 Å². The minimum atomic E-state index is -0.589. The molecule has 3 nitrogen and oxygen atoms in total. The largest absolute Gasteiger partial charge is 0.390 e. The van der Waals surface area contributed by atoms with Gasteiger partial charge >= 0.3 is 0 Å². The first-order valence-corrected chi connectivity index (χ1v) is 9.73. The average Bonchev–Trinajstić information content (AvgIpc) is 2.75. The van der Waals surface area contributed by atoms with E-state index in [1.165, 1.54) is 6.42 Å². The summed E-state index contributed by atoms with van der Waals surface area (Å²) in [6, 6.07) is 0. The summed E-state index contributed by atoms with van der Waals surface area (Å²) in [6.45, 7) is 11.3. The molecule has 3 aliphatic heterocycles. The number of aliphatic hydroxyl groups is 1. The van der Waals surface area contributed by atoms with Gasteiger partial charge in [0.05, 0.1) is 29.0 Å². The minimum Gasteiger partial charge on any atom is -0.390 e. The summed E-state index contributed by atoms with van der Waals surface area (Å²) in [4.78, 5) is 0. The van der Waals surface area contributed by atoms with Gasteiger partial charge in [0.1, 0.15) is 0 Å². The molecule has 0 aromatic carbocycles. The average molecular weight is 322 g/mol. The van der Waals surface area contributed by atoms with E-state index >= 15 is 0 Å². The van der Waals surface area contributed by atoms with Gasteiger partial charge in [0.25, 0.3) is 0 Å². The van der Waals surface area contributed by atoms with E-state index in [-0.39, 0.29) is 29.3 Å². The van der Waals surface area contributed by atoms with Crippen molar-refractivity contribution in [3.05, 3.63) is 0 Å². The summed E-state index contributed by atoms with van der Waals surface area (Å²) in [6.07, 6.45) is 6.74. The van der Waals surface area contributed by atoms with Gasteiger partial charge in [0.2, 0.25) is 0 Å². The van der Waals surface area contributed by atoms with Crippen molar-refractivity contribution < 1.29 is 14.6 Å². The van der Waals surface area contributed by atoms with Crippen LogP contribution in [0.25, 0.3) is 0 Å². The lowest BCUT2D eigenvalue weighted by atomic mass is 9.56. The molecule has 23 heavy (non-hydrogen) atoms. The van der Waals surface area contributed by atoms with Crippen LogP contribution in [0.5, 0.6) is 0 Å². The van der Waals surface area contributed by atoms with Gasteiger partial charge in [-0.15, -0.1) is 0 Å². The highest BCUT2D eigenvalue weighted by Crippen LogP contribution is 2.60. The maximum atomic E-state index is 11.2. The molecule has 3 saturated heterocycles. The Morgan fingerprint density at radius 1 is 1.09 bits per heavy atom. The van der Waals surface area contributed by atoms with Crippen molar-refractivity contribution in [3.8, 4) is 0 Å². The molecule has 0 radical (unpaired) electrons. The van der Waals surface area contributed by atoms with E-state index in [2.05, 4.69) is 34.6 Å². The third-order valence-corrected chi connectivity index (χ3v) is 7.63. The van der Waals surface area contributed by atoms with E-state index in [9.17, 15) is 5.11 Å². The molecule has 4 rings (SSSR count). The maximum absolute atomic E-state index is 11.2. The molecular weight excluding hydrogens is 288 g/mol. The Hall–Kier alpha value is -0.120. The fourth-order valence-electron chi connectivity index (χ4n) is 6.68. The molecule has 4 fully saturated rings. The van der Waals surface area contributed by atoms with Crippen LogP contribution >= 0.6 is 0 Å². The predicted molar refractivity (Wildman–Crippen MR) is 90.2 cm³/mol. The molecule has 4 bridgehead atoms. The Bertz CT molecular complexity index is 487. The Morgan fingerprint density at radius 3 is 2.52 bits per heavy atom. The molecule has 3 heterocycles. The highest BCUT2D eigenvalue weighted by molar-refractivity contribution is 5.14. The molecule has 0 aromatic rings. The molecule has 8 atom stereocenters. The van der Waals surface area contributed by atoms with Gasteiger partial charge in [0, 0.05) is 12.3 Å². The fourth-order valence-corrected chi connectivity index (χ4v) is 6.68. The van der Waals surface area contributed by atoms with Crippen LogP contribution in [0.2, 0.25) is 0 Å². The number of rotatable bonds is 1. The molecule has 1 N–H and O–H groups in total. The van der Waals surface area contributed by atoms with E-state index in [0.29, 0.717) is 17.8 Å². The summed E-state index contributed by atoms with van der Waals surface area (Å²) < 4.78 is 13.4. The Morgan fingerprint density at radius 2 is 1.83 bits per heavy atom. The van der Waals surface area contributed by atoms with Crippen molar-refractivity contribution in [3.63, 3.8) is 0 Å². The first-order valence-electron chi connectivity index (χ1n) is 9.73. The molecule has 0 spiro atoms. The smallest absolute Gasteiger partial charge is 0.0925 e. The van der Waals surface area contributed by atoms with E-state index in [4.69, 9.17) is 9.47 Å². The highest BCUT2D eigenvalue weighted by Gasteiger charge is 2.65. The molecule has 1 saturated carbocycles. The van der Waals surface area contributed by atoms with Gasteiger partial charge < -0.3 is 14.6 Å². The van der Waals surface area contributed by atoms with Gasteiger partial charge in [-0.2, -0.15) is 0 Å². The molecule has 4 aliphatic rings. The third kappa shape index (κ3) is 2.33. The van der Waals surface area contributed by atoms with Crippen LogP contribution in [0.15, 0.2) is 0 Å². The lowest BCUT2D eigenvalue weighted by Crippen LogP contribution is -2.59. The second-order valence-corrected chi connectivity index (χ2v) is 9.92. The number of hydrogen-bond donors (Lipinski definition) is 1. The Labute approximate surface area is 141 Å². The second-order valence-electron chi connectivity index (χ2n) is 9.92. The lowest BCUT2D eigenvalue weighted by molar-refractivity contribution is -0.216. The maximum Gasteiger partial charge on any atom is 0.0925 e. The van der Waals surface area contributed by atoms with Crippen LogP contribution in [0.4, 0.5) is 0 Å². The van der Waals surface area contributed by atoms with Gasteiger partial charge in [-0.3, -0.25) is 0 Å². The zero-order valence-corrected chi connectivity index (χ0v) is 15.5. The minimum absolute atomic E-state index is 0.0712. The van der Waals surface area contributed by atoms with Crippen molar-refractivity contribution in [1.29, 1.82) is 0 Å². The summed E-state index contributed by atoms with van der Waals surface area (Å²) in [5.74, 6) is 1.99. The summed E-state index contributed by atoms with van der Waals surface area (Å²) in [5.41, 5.74) is -0.839. The number of hydrogen-bond acceptors (Lipinski definition) is 3. The third-order valence-electron chi connectivity index (χ3n) is 7.63.